The second kappa shape index (κ2) is 21.9. The lowest BCUT2D eigenvalue weighted by Gasteiger charge is -2.28. The van der Waals surface area contributed by atoms with Crippen molar-refractivity contribution in [1.82, 2.24) is 4.90 Å². The van der Waals surface area contributed by atoms with Gasteiger partial charge < -0.3 is 0 Å². The van der Waals surface area contributed by atoms with Crippen molar-refractivity contribution in [2.24, 2.45) is 4.99 Å². The fourth-order valence-corrected chi connectivity index (χ4v) is 2.48. The molecule has 0 N–H and O–H groups in total. The molecule has 1 heterocycles. The Morgan fingerprint density at radius 3 is 1.88 bits per heavy atom. The van der Waals surface area contributed by atoms with Crippen LogP contribution in [0.5, 0.6) is 0 Å². The normalized spacial score (nSPS) is 15.8. The van der Waals surface area contributed by atoms with Gasteiger partial charge in [0, 0.05) is 19.3 Å². The van der Waals surface area contributed by atoms with Crippen molar-refractivity contribution in [3.8, 4) is 0 Å². The minimum absolute atomic E-state index is 1.01. The zero-order chi connectivity index (χ0) is 19.4. The van der Waals surface area contributed by atoms with Crippen LogP contribution in [-0.4, -0.2) is 37.3 Å². The van der Waals surface area contributed by atoms with Gasteiger partial charge in [0.1, 0.15) is 0 Å². The maximum Gasteiger partial charge on any atom is 0.0386 e. The lowest BCUT2D eigenvalue weighted by atomic mass is 9.99. The molecule has 0 amide bonds. The summed E-state index contributed by atoms with van der Waals surface area (Å²) in [7, 11) is 1.85. The third kappa shape index (κ3) is 12.3. The highest BCUT2D eigenvalue weighted by Crippen LogP contribution is 2.17. The Labute approximate surface area is 153 Å². The number of rotatable bonds is 5. The molecule has 1 fully saturated rings. The minimum atomic E-state index is 1.01. The molecular formula is C22H44N2. The third-order valence-electron chi connectivity index (χ3n) is 3.52. The quantitative estimate of drug-likeness (QED) is 0.403. The van der Waals surface area contributed by atoms with Crippen molar-refractivity contribution in [3.63, 3.8) is 0 Å². The lowest BCUT2D eigenvalue weighted by Crippen LogP contribution is -2.32. The Morgan fingerprint density at radius 2 is 1.50 bits per heavy atom. The predicted octanol–water partition coefficient (Wildman–Crippen LogP) is 6.70. The zero-order valence-corrected chi connectivity index (χ0v) is 18.1. The van der Waals surface area contributed by atoms with E-state index in [0.29, 0.717) is 0 Å². The van der Waals surface area contributed by atoms with E-state index in [4.69, 9.17) is 0 Å². The number of aliphatic imine (C=N–C) groups is 1. The van der Waals surface area contributed by atoms with Gasteiger partial charge in [-0.05, 0) is 50.9 Å². The Balaban J connectivity index is -0.000000659. The number of allylic oxidation sites excluding steroid dienone is 3. The Morgan fingerprint density at radius 1 is 1.00 bits per heavy atom. The van der Waals surface area contributed by atoms with Crippen molar-refractivity contribution < 1.29 is 0 Å². The summed E-state index contributed by atoms with van der Waals surface area (Å²) in [6, 6.07) is 0. The molecule has 0 spiro atoms. The first-order valence-corrected chi connectivity index (χ1v) is 9.87. The molecule has 1 rings (SSSR count). The lowest BCUT2D eigenvalue weighted by molar-refractivity contribution is 0.248. The highest BCUT2D eigenvalue weighted by Gasteiger charge is 2.14. The highest BCUT2D eigenvalue weighted by atomic mass is 15.1. The zero-order valence-electron chi connectivity index (χ0n) is 18.1. The van der Waals surface area contributed by atoms with Gasteiger partial charge in [0.25, 0.3) is 0 Å². The first kappa shape index (κ1) is 27.7. The van der Waals surface area contributed by atoms with Crippen LogP contribution < -0.4 is 0 Å². The van der Waals surface area contributed by atoms with E-state index in [-0.39, 0.29) is 0 Å². The van der Waals surface area contributed by atoms with Crippen LogP contribution in [0.3, 0.4) is 0 Å². The van der Waals surface area contributed by atoms with Crippen LogP contribution in [0.15, 0.2) is 40.9 Å². The molecule has 0 aromatic rings. The predicted molar refractivity (Wildman–Crippen MR) is 115 cm³/mol. The highest BCUT2D eigenvalue weighted by molar-refractivity contribution is 6.02. The molecule has 0 unspecified atom stereocenters. The van der Waals surface area contributed by atoms with E-state index < -0.39 is 0 Å². The fraction of sp³-hybridized carbons (Fsp3) is 0.682. The van der Waals surface area contributed by atoms with Gasteiger partial charge in [-0.2, -0.15) is 0 Å². The molecule has 0 saturated carbocycles. The van der Waals surface area contributed by atoms with Crippen LogP contribution in [0, 0.1) is 0 Å². The number of piperidine rings is 1. The largest absolute Gasteiger partial charge is 0.299 e. The fourth-order valence-electron chi connectivity index (χ4n) is 2.48. The van der Waals surface area contributed by atoms with Gasteiger partial charge in [-0.1, -0.05) is 72.8 Å². The van der Waals surface area contributed by atoms with Crippen LogP contribution in [0.1, 0.15) is 74.7 Å². The summed E-state index contributed by atoms with van der Waals surface area (Å²) in [5, 5.41) is 0. The average molecular weight is 337 g/mol. The molecule has 24 heavy (non-hydrogen) atoms. The van der Waals surface area contributed by atoms with Crippen LogP contribution >= 0.6 is 0 Å². The molecule has 2 heteroatoms. The van der Waals surface area contributed by atoms with Crippen LogP contribution in [-0.2, 0) is 0 Å². The van der Waals surface area contributed by atoms with E-state index in [9.17, 15) is 0 Å². The summed E-state index contributed by atoms with van der Waals surface area (Å²) < 4.78 is 0. The minimum Gasteiger partial charge on any atom is -0.299 e. The van der Waals surface area contributed by atoms with Gasteiger partial charge in [0.15, 0.2) is 0 Å². The maximum absolute atomic E-state index is 4.31. The van der Waals surface area contributed by atoms with Gasteiger partial charge in [-0.15, -0.1) is 0 Å². The van der Waals surface area contributed by atoms with Crippen LogP contribution in [0.4, 0.5) is 0 Å². The van der Waals surface area contributed by atoms with Crippen molar-refractivity contribution >= 4 is 5.71 Å². The molecule has 2 nitrogen and oxygen atoms in total. The van der Waals surface area contributed by atoms with E-state index in [1.54, 1.807) is 0 Å². The molecule has 1 aliphatic heterocycles. The van der Waals surface area contributed by atoms with Gasteiger partial charge in [0.05, 0.1) is 0 Å². The second-order valence-corrected chi connectivity index (χ2v) is 4.78. The van der Waals surface area contributed by atoms with Gasteiger partial charge in [-0.3, -0.25) is 9.89 Å². The summed E-state index contributed by atoms with van der Waals surface area (Å²) >= 11 is 0. The van der Waals surface area contributed by atoms with Gasteiger partial charge in [-0.25, -0.2) is 0 Å². The average Bonchev–Trinajstić information content (AvgIpc) is 2.68. The molecule has 1 saturated heterocycles. The number of likely N-dealkylation sites (tertiary alicyclic amines) is 1. The van der Waals surface area contributed by atoms with E-state index in [1.807, 2.05) is 54.7 Å². The molecule has 0 aliphatic carbocycles. The first-order chi connectivity index (χ1) is 11.7. The Bertz CT molecular complexity index is 356. The molecule has 1 aliphatic rings. The molecular weight excluding hydrogens is 292 g/mol. The number of nitrogens with zero attached hydrogens (tertiary/aromatic N) is 2. The molecule has 142 valence electrons. The van der Waals surface area contributed by atoms with Crippen molar-refractivity contribution in [1.29, 1.82) is 0 Å². The molecule has 0 bridgehead atoms. The van der Waals surface area contributed by atoms with E-state index in [1.165, 1.54) is 43.5 Å². The summed E-state index contributed by atoms with van der Waals surface area (Å²) in [4.78, 5) is 6.84. The maximum atomic E-state index is 4.31. The topological polar surface area (TPSA) is 15.6 Å². The van der Waals surface area contributed by atoms with Crippen molar-refractivity contribution in [2.45, 2.75) is 74.7 Å². The Hall–Kier alpha value is -1.15. The second-order valence-electron chi connectivity index (χ2n) is 4.78. The van der Waals surface area contributed by atoms with E-state index in [2.05, 4.69) is 42.5 Å². The van der Waals surface area contributed by atoms with E-state index >= 15 is 0 Å². The first-order valence-electron chi connectivity index (χ1n) is 9.87. The van der Waals surface area contributed by atoms with E-state index in [0.717, 1.165) is 12.3 Å². The van der Waals surface area contributed by atoms with Gasteiger partial charge in [0.2, 0.25) is 0 Å². The molecule has 0 radical (unpaired) electrons. The standard InChI is InChI=1S/C16H26N2.3C2H6/c1-5-10-15(16(6-2)14(3)17-4)13-18-11-8-7-9-12-18;3*1-2/h5-6,10H,1,7-9,11-13H2,2-4H3;3*1-2H3/b15-10-,16-6+,17-14?;;;. The van der Waals surface area contributed by atoms with Crippen molar-refractivity contribution in [2.75, 3.05) is 26.7 Å². The monoisotopic (exact) mass is 336 g/mol. The summed E-state index contributed by atoms with van der Waals surface area (Å²) in [6.07, 6.45) is 10.2. The number of hydrogen-bond donors (Lipinski definition) is 0. The van der Waals surface area contributed by atoms with Crippen LogP contribution in [0.2, 0.25) is 0 Å². The summed E-state index contributed by atoms with van der Waals surface area (Å²) in [5.74, 6) is 0. The molecule has 0 atom stereocenters. The SMILES string of the molecule is C=C/C=C(CN1CCCCC1)\C(=C\C)C(C)=NC.CC.CC.CC. The Kier molecular flexibility index (Phi) is 25.2. The van der Waals surface area contributed by atoms with Crippen LogP contribution in [0.25, 0.3) is 0 Å². The number of hydrogen-bond acceptors (Lipinski definition) is 2. The molecule has 0 aromatic carbocycles. The van der Waals surface area contributed by atoms with Crippen molar-refractivity contribution in [3.05, 3.63) is 36.0 Å². The third-order valence-corrected chi connectivity index (χ3v) is 3.52. The van der Waals surface area contributed by atoms with Gasteiger partial charge >= 0.3 is 0 Å². The summed E-state index contributed by atoms with van der Waals surface area (Å²) in [6.45, 7) is 23.4. The molecule has 0 aromatic heterocycles. The summed E-state index contributed by atoms with van der Waals surface area (Å²) in [5.41, 5.74) is 3.68. The smallest absolute Gasteiger partial charge is 0.0386 e.